The smallest absolute Gasteiger partial charge is 0.143 e. The summed E-state index contributed by atoms with van der Waals surface area (Å²) in [6.45, 7) is 2.59. The maximum Gasteiger partial charge on any atom is 0.143 e. The van der Waals surface area contributed by atoms with Gasteiger partial charge >= 0.3 is 0 Å². The van der Waals surface area contributed by atoms with Gasteiger partial charge in [-0.1, -0.05) is 12.1 Å². The standard InChI is InChI=1S/C25H27BrN6O2/c1-13-16-5-7-32(24(16)30-12-29-13)20-10-25(22(34)21(20)33)6-4-18(28-11-25)15-3-2-14-8-17(26)23(27)31-19(14)9-15/h2-3,5,7-9,12,18,20-22,28,33-34H,4,6,10-11H2,1H3,(H2,27,31)/t18-,20+,21-,22-,25-/m0/s1. The molecule has 4 aromatic rings. The van der Waals surface area contributed by atoms with E-state index in [1.807, 2.05) is 29.8 Å². The van der Waals surface area contributed by atoms with Gasteiger partial charge in [-0.3, -0.25) is 0 Å². The van der Waals surface area contributed by atoms with Crippen LogP contribution in [0, 0.1) is 12.3 Å². The van der Waals surface area contributed by atoms with Crippen molar-refractivity contribution in [3.05, 3.63) is 58.6 Å². The molecule has 1 aromatic carbocycles. The normalized spacial score (nSPS) is 29.4. The van der Waals surface area contributed by atoms with Gasteiger partial charge in [0.1, 0.15) is 23.9 Å². The molecule has 3 aromatic heterocycles. The van der Waals surface area contributed by atoms with Crippen LogP contribution < -0.4 is 11.1 Å². The molecule has 1 aliphatic carbocycles. The van der Waals surface area contributed by atoms with E-state index in [1.165, 1.54) is 0 Å². The average molecular weight is 523 g/mol. The van der Waals surface area contributed by atoms with Crippen molar-refractivity contribution in [2.24, 2.45) is 5.41 Å². The third-order valence-electron chi connectivity index (χ3n) is 7.88. The molecule has 1 saturated carbocycles. The van der Waals surface area contributed by atoms with Gasteiger partial charge in [-0.15, -0.1) is 0 Å². The van der Waals surface area contributed by atoms with Gasteiger partial charge in [0.25, 0.3) is 0 Å². The van der Waals surface area contributed by atoms with Crippen molar-refractivity contribution in [2.75, 3.05) is 12.3 Å². The number of aliphatic hydroxyl groups is 2. The molecule has 6 rings (SSSR count). The Morgan fingerprint density at radius 2 is 2.06 bits per heavy atom. The van der Waals surface area contributed by atoms with E-state index in [-0.39, 0.29) is 17.5 Å². The Labute approximate surface area is 205 Å². The van der Waals surface area contributed by atoms with Gasteiger partial charge < -0.3 is 25.8 Å². The molecular formula is C25H27BrN6O2. The van der Waals surface area contributed by atoms with Crippen LogP contribution in [0.3, 0.4) is 0 Å². The van der Waals surface area contributed by atoms with Crippen LogP contribution in [0.15, 0.2) is 47.3 Å². The van der Waals surface area contributed by atoms with Crippen LogP contribution in [0.5, 0.6) is 0 Å². The number of aromatic nitrogens is 4. The van der Waals surface area contributed by atoms with Crippen LogP contribution in [-0.2, 0) is 0 Å². The number of nitrogens with two attached hydrogens (primary N) is 1. The third-order valence-corrected chi connectivity index (χ3v) is 8.52. The van der Waals surface area contributed by atoms with Crippen molar-refractivity contribution in [2.45, 2.75) is 50.5 Å². The summed E-state index contributed by atoms with van der Waals surface area (Å²) < 4.78 is 2.81. The van der Waals surface area contributed by atoms with Gasteiger partial charge in [0, 0.05) is 35.0 Å². The second-order valence-corrected chi connectivity index (χ2v) is 10.6. The Kier molecular flexibility index (Phi) is 5.14. The van der Waals surface area contributed by atoms with Gasteiger partial charge in [-0.05, 0) is 65.9 Å². The maximum absolute atomic E-state index is 11.2. The van der Waals surface area contributed by atoms with E-state index >= 15 is 0 Å². The number of aryl methyl sites for hydroxylation is 1. The molecule has 0 bridgehead atoms. The average Bonchev–Trinajstić information content (AvgIpc) is 3.36. The summed E-state index contributed by atoms with van der Waals surface area (Å²) in [7, 11) is 0. The van der Waals surface area contributed by atoms with Crippen LogP contribution in [0.25, 0.3) is 21.9 Å². The summed E-state index contributed by atoms with van der Waals surface area (Å²) in [4.78, 5) is 13.2. The molecular weight excluding hydrogens is 496 g/mol. The summed E-state index contributed by atoms with van der Waals surface area (Å²) in [6, 6.07) is 10.2. The number of nitrogens with one attached hydrogen (secondary N) is 1. The zero-order valence-electron chi connectivity index (χ0n) is 18.8. The van der Waals surface area contributed by atoms with Crippen LogP contribution >= 0.6 is 15.9 Å². The van der Waals surface area contributed by atoms with Crippen molar-refractivity contribution >= 4 is 43.7 Å². The molecule has 1 spiro atoms. The number of pyridine rings is 1. The molecule has 1 saturated heterocycles. The van der Waals surface area contributed by atoms with Crippen molar-refractivity contribution in [1.29, 1.82) is 0 Å². The Hall–Kier alpha value is -2.59. The second kappa shape index (κ2) is 7.98. The fraction of sp³-hybridized carbons (Fsp3) is 0.400. The first-order valence-electron chi connectivity index (χ1n) is 11.6. The van der Waals surface area contributed by atoms with Gasteiger partial charge in [0.2, 0.25) is 0 Å². The molecule has 1 aliphatic heterocycles. The Bertz CT molecular complexity index is 1400. The molecule has 0 unspecified atom stereocenters. The number of rotatable bonds is 2. The minimum absolute atomic E-state index is 0.160. The molecule has 5 atom stereocenters. The lowest BCUT2D eigenvalue weighted by atomic mass is 9.74. The van der Waals surface area contributed by atoms with Gasteiger partial charge in [-0.2, -0.15) is 0 Å². The van der Waals surface area contributed by atoms with E-state index in [1.54, 1.807) is 6.33 Å². The van der Waals surface area contributed by atoms with Gasteiger partial charge in [-0.25, -0.2) is 15.0 Å². The minimum atomic E-state index is -0.851. The number of anilines is 1. The molecule has 4 heterocycles. The molecule has 0 amide bonds. The Balaban J connectivity index is 1.24. The van der Waals surface area contributed by atoms with E-state index in [2.05, 4.69) is 54.4 Å². The number of piperidine rings is 1. The van der Waals surface area contributed by atoms with Crippen LogP contribution in [0.2, 0.25) is 0 Å². The number of hydrogen-bond donors (Lipinski definition) is 4. The topological polar surface area (TPSA) is 122 Å². The predicted octanol–water partition coefficient (Wildman–Crippen LogP) is 3.41. The summed E-state index contributed by atoms with van der Waals surface area (Å²) in [6.07, 6.45) is 4.22. The first-order valence-corrected chi connectivity index (χ1v) is 12.4. The predicted molar refractivity (Wildman–Crippen MR) is 134 cm³/mol. The molecule has 176 valence electrons. The van der Waals surface area contributed by atoms with Crippen LogP contribution in [0.1, 0.15) is 42.6 Å². The Morgan fingerprint density at radius 1 is 1.21 bits per heavy atom. The third kappa shape index (κ3) is 3.33. The Morgan fingerprint density at radius 3 is 2.85 bits per heavy atom. The quantitative estimate of drug-likeness (QED) is 0.318. The molecule has 8 nitrogen and oxygen atoms in total. The van der Waals surface area contributed by atoms with E-state index in [0.717, 1.165) is 50.5 Å². The van der Waals surface area contributed by atoms with Crippen LogP contribution in [-0.4, -0.2) is 48.5 Å². The zero-order valence-corrected chi connectivity index (χ0v) is 20.4. The lowest BCUT2D eigenvalue weighted by molar-refractivity contribution is -0.0398. The second-order valence-electron chi connectivity index (χ2n) is 9.77. The van der Waals surface area contributed by atoms with Crippen molar-refractivity contribution in [3.63, 3.8) is 0 Å². The lowest BCUT2D eigenvalue weighted by Gasteiger charge is -2.40. The largest absolute Gasteiger partial charge is 0.390 e. The number of nitrogens with zero attached hydrogens (tertiary/aromatic N) is 4. The molecule has 0 radical (unpaired) electrons. The maximum atomic E-state index is 11.2. The van der Waals surface area contributed by atoms with Crippen molar-refractivity contribution in [1.82, 2.24) is 24.8 Å². The SMILES string of the molecule is Cc1ncnc2c1ccn2[C@@H]1C[C@]2(CC[C@@H](c3ccc4cc(Br)c(N)nc4c3)NC2)[C@@H](O)[C@H]1O. The highest BCUT2D eigenvalue weighted by atomic mass is 79.9. The molecule has 34 heavy (non-hydrogen) atoms. The fourth-order valence-corrected chi connectivity index (χ4v) is 6.24. The number of aliphatic hydroxyl groups excluding tert-OH is 2. The number of fused-ring (bicyclic) bond motifs is 2. The van der Waals surface area contributed by atoms with Crippen LogP contribution in [0.4, 0.5) is 5.82 Å². The first-order chi connectivity index (χ1) is 16.4. The number of benzene rings is 1. The van der Waals surface area contributed by atoms with Crippen molar-refractivity contribution in [3.8, 4) is 0 Å². The number of nitrogen functional groups attached to an aromatic ring is 1. The highest BCUT2D eigenvalue weighted by Gasteiger charge is 2.54. The summed E-state index contributed by atoms with van der Waals surface area (Å²) >= 11 is 3.44. The van der Waals surface area contributed by atoms with Crippen molar-refractivity contribution < 1.29 is 10.2 Å². The monoisotopic (exact) mass is 522 g/mol. The van der Waals surface area contributed by atoms with E-state index in [9.17, 15) is 10.2 Å². The first kappa shape index (κ1) is 21.9. The summed E-state index contributed by atoms with van der Waals surface area (Å²) in [5.41, 5.74) is 9.34. The molecule has 9 heteroatoms. The molecule has 5 N–H and O–H groups in total. The fourth-order valence-electron chi connectivity index (χ4n) is 5.91. The zero-order chi connectivity index (χ0) is 23.6. The summed E-state index contributed by atoms with van der Waals surface area (Å²) in [5, 5.41) is 27.9. The van der Waals surface area contributed by atoms with Gasteiger partial charge in [0.15, 0.2) is 0 Å². The van der Waals surface area contributed by atoms with E-state index in [4.69, 9.17) is 5.73 Å². The minimum Gasteiger partial charge on any atom is -0.390 e. The van der Waals surface area contributed by atoms with E-state index < -0.39 is 12.2 Å². The molecule has 2 fully saturated rings. The number of halogens is 1. The highest BCUT2D eigenvalue weighted by molar-refractivity contribution is 9.10. The number of hydrogen-bond acceptors (Lipinski definition) is 7. The molecule has 2 aliphatic rings. The lowest BCUT2D eigenvalue weighted by Crippen LogP contribution is -2.48. The summed E-state index contributed by atoms with van der Waals surface area (Å²) in [5.74, 6) is 0.479. The van der Waals surface area contributed by atoms with Gasteiger partial charge in [0.05, 0.1) is 27.8 Å². The van der Waals surface area contributed by atoms with E-state index in [0.29, 0.717) is 18.8 Å². The highest BCUT2D eigenvalue weighted by Crippen LogP contribution is 2.51.